The van der Waals surface area contributed by atoms with Crippen molar-refractivity contribution in [3.05, 3.63) is 18.0 Å². The van der Waals surface area contributed by atoms with Gasteiger partial charge in [0.05, 0.1) is 12.2 Å². The third-order valence-corrected chi connectivity index (χ3v) is 4.62. The topological polar surface area (TPSA) is 33.1 Å². The molecule has 1 saturated carbocycles. The molecule has 1 atom stereocenters. The molecule has 0 spiro atoms. The maximum absolute atomic E-state index is 4.46. The Bertz CT molecular complexity index is 391. The van der Waals surface area contributed by atoms with Crippen LogP contribution in [0.5, 0.6) is 0 Å². The van der Waals surface area contributed by atoms with Crippen molar-refractivity contribution in [3.63, 3.8) is 0 Å². The van der Waals surface area contributed by atoms with Crippen LogP contribution >= 0.6 is 0 Å². The number of aromatic nitrogens is 2. The van der Waals surface area contributed by atoms with E-state index in [1.807, 2.05) is 10.9 Å². The molecule has 1 aliphatic carbocycles. The summed E-state index contributed by atoms with van der Waals surface area (Å²) in [7, 11) is 4.44. The van der Waals surface area contributed by atoms with Crippen molar-refractivity contribution in [1.82, 2.24) is 20.0 Å². The van der Waals surface area contributed by atoms with E-state index in [0.717, 1.165) is 13.1 Å². The summed E-state index contributed by atoms with van der Waals surface area (Å²) < 4.78 is 2.03. The zero-order chi connectivity index (χ0) is 13.9. The van der Waals surface area contributed by atoms with E-state index in [2.05, 4.69) is 49.5 Å². The number of aryl methyl sites for hydroxylation is 1. The molecule has 0 aliphatic heterocycles. The van der Waals surface area contributed by atoms with E-state index in [0.29, 0.717) is 6.04 Å². The molecule has 1 aliphatic rings. The highest BCUT2D eigenvalue weighted by Crippen LogP contribution is 2.43. The SMILES string of the molecule is CCNC(c1cnn(CC)c1)C1(N(C)C)CCCC1. The predicted octanol–water partition coefficient (Wildman–Crippen LogP) is 2.43. The fourth-order valence-corrected chi connectivity index (χ4v) is 3.51. The van der Waals surface area contributed by atoms with Gasteiger partial charge in [0.2, 0.25) is 0 Å². The summed E-state index contributed by atoms with van der Waals surface area (Å²) in [6, 6.07) is 0.385. The van der Waals surface area contributed by atoms with Crippen molar-refractivity contribution in [2.75, 3.05) is 20.6 Å². The van der Waals surface area contributed by atoms with Crippen LogP contribution in [0.2, 0.25) is 0 Å². The highest BCUT2D eigenvalue weighted by molar-refractivity contribution is 5.19. The van der Waals surface area contributed by atoms with Crippen molar-refractivity contribution in [2.24, 2.45) is 0 Å². The molecule has 1 heterocycles. The lowest BCUT2D eigenvalue weighted by Crippen LogP contribution is -2.51. The van der Waals surface area contributed by atoms with Crippen LogP contribution in [0.3, 0.4) is 0 Å². The van der Waals surface area contributed by atoms with Crippen molar-refractivity contribution < 1.29 is 0 Å². The summed E-state index contributed by atoms with van der Waals surface area (Å²) in [5.74, 6) is 0. The van der Waals surface area contributed by atoms with E-state index in [4.69, 9.17) is 0 Å². The van der Waals surface area contributed by atoms with Crippen LogP contribution in [-0.4, -0.2) is 40.9 Å². The Morgan fingerprint density at radius 1 is 1.37 bits per heavy atom. The molecule has 0 bridgehead atoms. The molecule has 108 valence electrons. The van der Waals surface area contributed by atoms with Gasteiger partial charge in [0.1, 0.15) is 0 Å². The number of likely N-dealkylation sites (N-methyl/N-ethyl adjacent to an activating group) is 2. The third-order valence-electron chi connectivity index (χ3n) is 4.62. The Morgan fingerprint density at radius 3 is 2.53 bits per heavy atom. The lowest BCUT2D eigenvalue weighted by Gasteiger charge is -2.43. The van der Waals surface area contributed by atoms with Crippen LogP contribution in [0, 0.1) is 0 Å². The first-order chi connectivity index (χ1) is 9.14. The Labute approximate surface area is 117 Å². The predicted molar refractivity (Wildman–Crippen MR) is 79.2 cm³/mol. The monoisotopic (exact) mass is 264 g/mol. The van der Waals surface area contributed by atoms with Gasteiger partial charge in [0, 0.05) is 23.8 Å². The average Bonchev–Trinajstić information content (AvgIpc) is 3.05. The van der Waals surface area contributed by atoms with Gasteiger partial charge in [-0.05, 0) is 40.4 Å². The van der Waals surface area contributed by atoms with Crippen LogP contribution in [0.1, 0.15) is 51.1 Å². The zero-order valence-electron chi connectivity index (χ0n) is 12.8. The Morgan fingerprint density at radius 2 is 2.05 bits per heavy atom. The number of rotatable bonds is 6. The minimum absolute atomic E-state index is 0.248. The summed E-state index contributed by atoms with van der Waals surface area (Å²) in [6.45, 7) is 6.26. The molecule has 0 saturated heterocycles. The molecule has 2 rings (SSSR count). The fourth-order valence-electron chi connectivity index (χ4n) is 3.51. The van der Waals surface area contributed by atoms with Crippen molar-refractivity contribution in [2.45, 2.75) is 57.7 Å². The van der Waals surface area contributed by atoms with E-state index in [9.17, 15) is 0 Å². The second kappa shape index (κ2) is 6.06. The molecule has 19 heavy (non-hydrogen) atoms. The van der Waals surface area contributed by atoms with E-state index in [-0.39, 0.29) is 5.54 Å². The minimum Gasteiger partial charge on any atom is -0.309 e. The molecule has 0 aromatic carbocycles. The lowest BCUT2D eigenvalue weighted by atomic mass is 9.83. The molecule has 1 N–H and O–H groups in total. The third kappa shape index (κ3) is 2.70. The number of nitrogens with zero attached hydrogens (tertiary/aromatic N) is 3. The normalized spacial score (nSPS) is 20.1. The van der Waals surface area contributed by atoms with Crippen molar-refractivity contribution in [1.29, 1.82) is 0 Å². The molecule has 1 aromatic heterocycles. The Balaban J connectivity index is 2.32. The number of hydrogen-bond acceptors (Lipinski definition) is 3. The summed E-state index contributed by atoms with van der Waals surface area (Å²) in [4.78, 5) is 2.43. The summed E-state index contributed by atoms with van der Waals surface area (Å²) in [5, 5.41) is 8.16. The summed E-state index contributed by atoms with van der Waals surface area (Å²) in [5.41, 5.74) is 1.58. The van der Waals surface area contributed by atoms with Crippen LogP contribution in [0.4, 0.5) is 0 Å². The Hall–Kier alpha value is -0.870. The lowest BCUT2D eigenvalue weighted by molar-refractivity contribution is 0.105. The molecular formula is C15H28N4. The maximum Gasteiger partial charge on any atom is 0.0538 e. The molecule has 4 nitrogen and oxygen atoms in total. The molecule has 4 heteroatoms. The highest BCUT2D eigenvalue weighted by Gasteiger charge is 2.43. The van der Waals surface area contributed by atoms with E-state index in [1.165, 1.54) is 31.2 Å². The quantitative estimate of drug-likeness (QED) is 0.856. The largest absolute Gasteiger partial charge is 0.309 e. The Kier molecular flexibility index (Phi) is 4.63. The smallest absolute Gasteiger partial charge is 0.0538 e. The van der Waals surface area contributed by atoms with Gasteiger partial charge in [-0.3, -0.25) is 4.68 Å². The average molecular weight is 264 g/mol. The van der Waals surface area contributed by atoms with Crippen LogP contribution < -0.4 is 5.32 Å². The molecule has 1 unspecified atom stereocenters. The number of hydrogen-bond donors (Lipinski definition) is 1. The van der Waals surface area contributed by atoms with Gasteiger partial charge in [-0.1, -0.05) is 19.8 Å². The molecule has 1 aromatic rings. The molecule has 0 amide bonds. The van der Waals surface area contributed by atoms with Gasteiger partial charge in [-0.25, -0.2) is 0 Å². The van der Waals surface area contributed by atoms with Crippen LogP contribution in [0.25, 0.3) is 0 Å². The molecule has 1 fully saturated rings. The van der Waals surface area contributed by atoms with Gasteiger partial charge in [-0.2, -0.15) is 5.10 Å². The number of nitrogens with one attached hydrogen (secondary N) is 1. The maximum atomic E-state index is 4.46. The standard InChI is InChI=1S/C15H28N4/c1-5-16-14(13-11-17-19(6-2)12-13)15(18(3)4)9-7-8-10-15/h11-12,14,16H,5-10H2,1-4H3. The van der Waals surface area contributed by atoms with E-state index in [1.54, 1.807) is 0 Å². The first-order valence-electron chi connectivity index (χ1n) is 7.57. The van der Waals surface area contributed by atoms with Gasteiger partial charge in [0.15, 0.2) is 0 Å². The summed E-state index contributed by atoms with van der Waals surface area (Å²) in [6.07, 6.45) is 9.46. The van der Waals surface area contributed by atoms with Gasteiger partial charge in [0.25, 0.3) is 0 Å². The van der Waals surface area contributed by atoms with Crippen molar-refractivity contribution >= 4 is 0 Å². The van der Waals surface area contributed by atoms with Crippen LogP contribution in [-0.2, 0) is 6.54 Å². The van der Waals surface area contributed by atoms with Gasteiger partial charge < -0.3 is 10.2 Å². The molecular weight excluding hydrogens is 236 g/mol. The second-order valence-electron chi connectivity index (χ2n) is 5.83. The van der Waals surface area contributed by atoms with E-state index >= 15 is 0 Å². The first-order valence-corrected chi connectivity index (χ1v) is 7.57. The summed E-state index contributed by atoms with van der Waals surface area (Å²) >= 11 is 0. The van der Waals surface area contributed by atoms with Gasteiger partial charge >= 0.3 is 0 Å². The fraction of sp³-hybridized carbons (Fsp3) is 0.800. The van der Waals surface area contributed by atoms with Crippen molar-refractivity contribution in [3.8, 4) is 0 Å². The zero-order valence-corrected chi connectivity index (χ0v) is 12.8. The second-order valence-corrected chi connectivity index (χ2v) is 5.83. The van der Waals surface area contributed by atoms with Gasteiger partial charge in [-0.15, -0.1) is 0 Å². The van der Waals surface area contributed by atoms with Crippen LogP contribution in [0.15, 0.2) is 12.4 Å². The molecule has 0 radical (unpaired) electrons. The minimum atomic E-state index is 0.248. The highest BCUT2D eigenvalue weighted by atomic mass is 15.3. The first kappa shape index (κ1) is 14.5. The van der Waals surface area contributed by atoms with E-state index < -0.39 is 0 Å².